The Bertz CT molecular complexity index is 202. The van der Waals surface area contributed by atoms with Crippen molar-refractivity contribution in [1.29, 1.82) is 0 Å². The Hall–Kier alpha value is -0.610. The third kappa shape index (κ3) is 0.795. The maximum absolute atomic E-state index is 10.6. The first kappa shape index (κ1) is 7.06. The van der Waals surface area contributed by atoms with Crippen molar-refractivity contribution >= 4 is 5.97 Å². The summed E-state index contributed by atoms with van der Waals surface area (Å²) in [5, 5.41) is 8.68. The van der Waals surface area contributed by atoms with E-state index in [9.17, 15) is 4.79 Å². The van der Waals surface area contributed by atoms with Gasteiger partial charge in [0.1, 0.15) is 5.54 Å². The van der Waals surface area contributed by atoms with Gasteiger partial charge in [0.2, 0.25) is 0 Å². The van der Waals surface area contributed by atoms with Crippen molar-refractivity contribution in [3.63, 3.8) is 0 Å². The zero-order valence-corrected chi connectivity index (χ0v) is 6.17. The van der Waals surface area contributed by atoms with Crippen molar-refractivity contribution in [1.82, 2.24) is 0 Å². The third-order valence-corrected chi connectivity index (χ3v) is 2.62. The van der Waals surface area contributed by atoms with Crippen molar-refractivity contribution in [3.05, 3.63) is 0 Å². The molecule has 3 N–H and O–H groups in total. The van der Waals surface area contributed by atoms with Crippen LogP contribution in [0.3, 0.4) is 0 Å². The number of carbonyl (C=O) groups is 1. The Labute approximate surface area is 64.3 Å². The topological polar surface area (TPSA) is 72.6 Å². The van der Waals surface area contributed by atoms with Crippen LogP contribution in [0.15, 0.2) is 0 Å². The number of carboxylic acid groups (broad SMARTS) is 1. The SMILES string of the molecule is NC1(C(=O)O)CC2(COC2)C1. The molecule has 0 aromatic heterocycles. The van der Waals surface area contributed by atoms with Crippen molar-refractivity contribution in [2.75, 3.05) is 13.2 Å². The molecule has 4 nitrogen and oxygen atoms in total. The predicted molar refractivity (Wildman–Crippen MR) is 37.0 cm³/mol. The highest BCUT2D eigenvalue weighted by atomic mass is 16.5. The van der Waals surface area contributed by atoms with Gasteiger partial charge in [-0.15, -0.1) is 0 Å². The van der Waals surface area contributed by atoms with E-state index in [0.717, 1.165) is 0 Å². The van der Waals surface area contributed by atoms with E-state index >= 15 is 0 Å². The molecule has 2 rings (SSSR count). The van der Waals surface area contributed by atoms with E-state index in [4.69, 9.17) is 15.6 Å². The summed E-state index contributed by atoms with van der Waals surface area (Å²) in [7, 11) is 0. The summed E-state index contributed by atoms with van der Waals surface area (Å²) >= 11 is 0. The number of hydrogen-bond donors (Lipinski definition) is 2. The van der Waals surface area contributed by atoms with Crippen LogP contribution in [0.4, 0.5) is 0 Å². The number of hydrogen-bond acceptors (Lipinski definition) is 3. The van der Waals surface area contributed by atoms with Gasteiger partial charge in [0.15, 0.2) is 0 Å². The van der Waals surface area contributed by atoms with E-state index in [1.807, 2.05) is 0 Å². The quantitative estimate of drug-likeness (QED) is 0.542. The number of ether oxygens (including phenoxy) is 1. The van der Waals surface area contributed by atoms with E-state index in [2.05, 4.69) is 0 Å². The standard InChI is InChI=1S/C7H11NO3/c8-7(5(9)10)1-6(2-7)3-11-4-6/h1-4,8H2,(H,9,10). The molecule has 11 heavy (non-hydrogen) atoms. The van der Waals surface area contributed by atoms with Crippen molar-refractivity contribution < 1.29 is 14.6 Å². The highest BCUT2D eigenvalue weighted by Gasteiger charge is 2.60. The molecule has 0 unspecified atom stereocenters. The van der Waals surface area contributed by atoms with Crippen LogP contribution in [0.25, 0.3) is 0 Å². The average molecular weight is 157 g/mol. The molecular weight excluding hydrogens is 146 g/mol. The number of carboxylic acids is 1. The predicted octanol–water partition coefficient (Wildman–Crippen LogP) is -0.421. The molecule has 1 saturated heterocycles. The normalized spacial score (nSPS) is 30.6. The zero-order valence-electron chi connectivity index (χ0n) is 6.17. The molecule has 1 aliphatic heterocycles. The van der Waals surface area contributed by atoms with Gasteiger partial charge < -0.3 is 15.6 Å². The van der Waals surface area contributed by atoms with Crippen LogP contribution in [0.2, 0.25) is 0 Å². The largest absolute Gasteiger partial charge is 0.480 e. The second kappa shape index (κ2) is 1.76. The van der Waals surface area contributed by atoms with E-state index in [0.29, 0.717) is 26.1 Å². The lowest BCUT2D eigenvalue weighted by Gasteiger charge is -2.56. The van der Waals surface area contributed by atoms with Gasteiger partial charge in [-0.25, -0.2) is 0 Å². The van der Waals surface area contributed by atoms with Gasteiger partial charge in [0, 0.05) is 5.41 Å². The lowest BCUT2D eigenvalue weighted by Crippen LogP contribution is -2.68. The van der Waals surface area contributed by atoms with Gasteiger partial charge in [-0.3, -0.25) is 4.79 Å². The highest BCUT2D eigenvalue weighted by molar-refractivity contribution is 5.80. The molecule has 1 saturated carbocycles. The second-order valence-corrected chi connectivity index (χ2v) is 3.81. The fraction of sp³-hybridized carbons (Fsp3) is 0.857. The Kier molecular flexibility index (Phi) is 1.13. The van der Waals surface area contributed by atoms with Crippen molar-refractivity contribution in [2.24, 2.45) is 11.1 Å². The van der Waals surface area contributed by atoms with Crippen LogP contribution < -0.4 is 5.73 Å². The molecule has 62 valence electrons. The Morgan fingerprint density at radius 1 is 1.45 bits per heavy atom. The first-order valence-corrected chi connectivity index (χ1v) is 3.67. The van der Waals surface area contributed by atoms with Crippen LogP contribution in [-0.2, 0) is 9.53 Å². The lowest BCUT2D eigenvalue weighted by molar-refractivity contribution is -0.198. The van der Waals surface area contributed by atoms with E-state index in [-0.39, 0.29) is 5.41 Å². The molecule has 1 spiro atoms. The maximum atomic E-state index is 10.6. The molecule has 0 bridgehead atoms. The molecule has 0 atom stereocenters. The van der Waals surface area contributed by atoms with Gasteiger partial charge in [0.05, 0.1) is 13.2 Å². The van der Waals surface area contributed by atoms with E-state index < -0.39 is 11.5 Å². The summed E-state index contributed by atoms with van der Waals surface area (Å²) in [6.45, 7) is 1.39. The molecule has 1 heterocycles. The summed E-state index contributed by atoms with van der Waals surface area (Å²) in [6, 6.07) is 0. The molecule has 2 aliphatic rings. The molecule has 4 heteroatoms. The Morgan fingerprint density at radius 2 is 2.00 bits per heavy atom. The molecular formula is C7H11NO3. The summed E-state index contributed by atoms with van der Waals surface area (Å²) in [6.07, 6.45) is 1.16. The minimum atomic E-state index is -0.955. The summed E-state index contributed by atoms with van der Waals surface area (Å²) in [4.78, 5) is 10.6. The van der Waals surface area contributed by atoms with Crippen LogP contribution in [0.1, 0.15) is 12.8 Å². The van der Waals surface area contributed by atoms with Crippen LogP contribution >= 0.6 is 0 Å². The molecule has 1 aliphatic carbocycles. The summed E-state index contributed by atoms with van der Waals surface area (Å²) in [5.74, 6) is -0.880. The lowest BCUT2D eigenvalue weighted by atomic mass is 9.56. The summed E-state index contributed by atoms with van der Waals surface area (Å²) in [5.41, 5.74) is 4.75. The van der Waals surface area contributed by atoms with E-state index in [1.54, 1.807) is 0 Å². The van der Waals surface area contributed by atoms with Gasteiger partial charge in [0.25, 0.3) is 0 Å². The first-order valence-electron chi connectivity index (χ1n) is 3.67. The van der Waals surface area contributed by atoms with Crippen LogP contribution in [-0.4, -0.2) is 29.8 Å². The third-order valence-electron chi connectivity index (χ3n) is 2.62. The molecule has 0 amide bonds. The maximum Gasteiger partial charge on any atom is 0.323 e. The van der Waals surface area contributed by atoms with Gasteiger partial charge >= 0.3 is 5.97 Å². The van der Waals surface area contributed by atoms with Gasteiger partial charge in [-0.05, 0) is 12.8 Å². The van der Waals surface area contributed by atoms with Gasteiger partial charge in [-0.2, -0.15) is 0 Å². The van der Waals surface area contributed by atoms with Crippen molar-refractivity contribution in [3.8, 4) is 0 Å². The minimum Gasteiger partial charge on any atom is -0.480 e. The van der Waals surface area contributed by atoms with Crippen LogP contribution in [0.5, 0.6) is 0 Å². The first-order chi connectivity index (χ1) is 5.06. The average Bonchev–Trinajstić information content (AvgIpc) is 1.75. The summed E-state index contributed by atoms with van der Waals surface area (Å²) < 4.78 is 5.00. The highest BCUT2D eigenvalue weighted by Crippen LogP contribution is 2.51. The zero-order chi connectivity index (χ0) is 8.11. The number of nitrogens with two attached hydrogens (primary N) is 1. The van der Waals surface area contributed by atoms with Gasteiger partial charge in [-0.1, -0.05) is 0 Å². The fourth-order valence-corrected chi connectivity index (χ4v) is 2.03. The number of aliphatic carboxylic acids is 1. The molecule has 0 aromatic rings. The monoisotopic (exact) mass is 157 g/mol. The van der Waals surface area contributed by atoms with Crippen molar-refractivity contribution in [2.45, 2.75) is 18.4 Å². The molecule has 0 radical (unpaired) electrons. The van der Waals surface area contributed by atoms with Crippen LogP contribution in [0, 0.1) is 5.41 Å². The number of rotatable bonds is 1. The molecule has 2 fully saturated rings. The Morgan fingerprint density at radius 3 is 2.27 bits per heavy atom. The van der Waals surface area contributed by atoms with E-state index in [1.165, 1.54) is 0 Å². The smallest absolute Gasteiger partial charge is 0.323 e. The second-order valence-electron chi connectivity index (χ2n) is 3.81. The Balaban J connectivity index is 2.00. The fourth-order valence-electron chi connectivity index (χ4n) is 2.03. The molecule has 0 aromatic carbocycles. The minimum absolute atomic E-state index is 0.132.